The van der Waals surface area contributed by atoms with Crippen LogP contribution in [-0.2, 0) is 4.79 Å². The van der Waals surface area contributed by atoms with Crippen LogP contribution >= 0.6 is 0 Å². The third-order valence-corrected chi connectivity index (χ3v) is 6.32. The van der Waals surface area contributed by atoms with Gasteiger partial charge in [-0.1, -0.05) is 13.0 Å². The lowest BCUT2D eigenvalue weighted by molar-refractivity contribution is -0.112. The van der Waals surface area contributed by atoms with Crippen LogP contribution in [0.25, 0.3) is 6.08 Å². The summed E-state index contributed by atoms with van der Waals surface area (Å²) < 4.78 is 0. The van der Waals surface area contributed by atoms with Crippen LogP contribution in [0.3, 0.4) is 0 Å². The topological polar surface area (TPSA) is 56.1 Å². The summed E-state index contributed by atoms with van der Waals surface area (Å²) in [4.78, 5) is 15.4. The smallest absolute Gasteiger partial charge is 0.266 e. The summed E-state index contributed by atoms with van der Waals surface area (Å²) in [6.07, 6.45) is 2.78. The van der Waals surface area contributed by atoms with Crippen LogP contribution in [0.5, 0.6) is 0 Å². The first kappa shape index (κ1) is 23.6. The fourth-order valence-corrected chi connectivity index (χ4v) is 5.30. The number of nitrogens with zero attached hydrogens (tertiary/aromatic N) is 2. The summed E-state index contributed by atoms with van der Waals surface area (Å²) >= 11 is 0. The Kier molecular flexibility index (Phi) is 6.51. The first-order valence-electron chi connectivity index (χ1n) is 11.4. The number of nitrogens with one attached hydrogen (secondary N) is 1. The molecule has 1 atom stereocenters. The maximum absolute atomic E-state index is 12.9. The predicted octanol–water partition coefficient (Wildman–Crippen LogP) is 6.66. The first-order valence-corrected chi connectivity index (χ1v) is 11.4. The molecule has 32 heavy (non-hydrogen) atoms. The molecule has 2 aromatic carbocycles. The van der Waals surface area contributed by atoms with Gasteiger partial charge in [0, 0.05) is 23.0 Å². The lowest BCUT2D eigenvalue weighted by atomic mass is 9.78. The molecule has 0 radical (unpaired) electrons. The van der Waals surface area contributed by atoms with Crippen LogP contribution < -0.4 is 10.2 Å². The Bertz CT molecular complexity index is 1100. The molecule has 1 N–H and O–H groups in total. The second kappa shape index (κ2) is 8.82. The Morgan fingerprint density at radius 2 is 1.78 bits per heavy atom. The zero-order valence-electron chi connectivity index (χ0n) is 20.6. The van der Waals surface area contributed by atoms with Gasteiger partial charge in [-0.15, -0.1) is 0 Å². The minimum atomic E-state index is -0.382. The Morgan fingerprint density at radius 3 is 2.34 bits per heavy atom. The van der Waals surface area contributed by atoms with Crippen LogP contribution in [0, 0.1) is 32.1 Å². The van der Waals surface area contributed by atoms with Crippen molar-refractivity contribution in [1.82, 2.24) is 0 Å². The van der Waals surface area contributed by atoms with E-state index in [9.17, 15) is 10.1 Å². The number of nitriles is 1. The number of anilines is 2. The Balaban J connectivity index is 1.99. The molecule has 3 rings (SSSR count). The summed E-state index contributed by atoms with van der Waals surface area (Å²) in [6, 6.07) is 12.7. The van der Waals surface area contributed by atoms with Gasteiger partial charge in [0.15, 0.2) is 0 Å². The molecule has 4 heteroatoms. The molecule has 0 spiro atoms. The maximum Gasteiger partial charge on any atom is 0.266 e. The highest BCUT2D eigenvalue weighted by atomic mass is 16.1. The zero-order chi connectivity index (χ0) is 23.8. The van der Waals surface area contributed by atoms with Crippen molar-refractivity contribution in [2.45, 2.75) is 79.3 Å². The Hall–Kier alpha value is -3.06. The number of amides is 1. The quantitative estimate of drug-likeness (QED) is 0.437. The number of fused-ring (bicyclic) bond motifs is 1. The Labute approximate surface area is 192 Å². The third kappa shape index (κ3) is 4.72. The molecule has 2 aromatic rings. The number of carbonyl (C=O) groups is 1. The molecule has 0 saturated carbocycles. The molecule has 1 aliphatic rings. The molecule has 1 unspecified atom stereocenters. The number of hydrogen-bond acceptors (Lipinski definition) is 3. The molecule has 0 fully saturated rings. The standard InChI is InChI=1S/C28H35N3O/c1-17(2)31-26-12-20(5)22(14-25(26)21(6)15-28(31,7)8)13-23(16-29)27(32)30-24-10-18(3)9-19(4)11-24/h9-14,17,21H,15H2,1-8H3,(H,30,32)/b23-13-. The van der Waals surface area contributed by atoms with Crippen LogP contribution in [0.4, 0.5) is 11.4 Å². The molecular formula is C28H35N3O. The van der Waals surface area contributed by atoms with Crippen LogP contribution in [-0.4, -0.2) is 17.5 Å². The molecule has 1 amide bonds. The molecule has 1 aliphatic heterocycles. The van der Waals surface area contributed by atoms with E-state index in [2.05, 4.69) is 69.1 Å². The van der Waals surface area contributed by atoms with Gasteiger partial charge in [0.25, 0.3) is 5.91 Å². The minimum Gasteiger partial charge on any atom is -0.364 e. The van der Waals surface area contributed by atoms with Gasteiger partial charge >= 0.3 is 0 Å². The summed E-state index contributed by atoms with van der Waals surface area (Å²) in [5, 5.41) is 12.6. The second-order valence-corrected chi connectivity index (χ2v) is 10.1. The van der Waals surface area contributed by atoms with Crippen molar-refractivity contribution in [2.24, 2.45) is 0 Å². The predicted molar refractivity (Wildman–Crippen MR) is 134 cm³/mol. The van der Waals surface area contributed by atoms with E-state index in [1.165, 1.54) is 11.3 Å². The van der Waals surface area contributed by atoms with Gasteiger partial charge < -0.3 is 10.2 Å². The highest BCUT2D eigenvalue weighted by Gasteiger charge is 2.37. The highest BCUT2D eigenvalue weighted by molar-refractivity contribution is 6.09. The molecule has 4 nitrogen and oxygen atoms in total. The fraction of sp³-hybridized carbons (Fsp3) is 0.429. The number of carbonyl (C=O) groups excluding carboxylic acids is 1. The van der Waals surface area contributed by atoms with E-state index >= 15 is 0 Å². The second-order valence-electron chi connectivity index (χ2n) is 10.1. The number of rotatable bonds is 4. The van der Waals surface area contributed by atoms with Gasteiger partial charge in [-0.05, 0) is 119 Å². The van der Waals surface area contributed by atoms with Gasteiger partial charge in [-0.25, -0.2) is 0 Å². The minimum absolute atomic E-state index is 0.0774. The van der Waals surface area contributed by atoms with Crippen molar-refractivity contribution in [1.29, 1.82) is 5.26 Å². The normalized spacial score (nSPS) is 17.7. The van der Waals surface area contributed by atoms with Crippen molar-refractivity contribution in [3.05, 3.63) is 63.7 Å². The molecular weight excluding hydrogens is 394 g/mol. The first-order chi connectivity index (χ1) is 14.9. The van der Waals surface area contributed by atoms with Crippen molar-refractivity contribution >= 4 is 23.4 Å². The van der Waals surface area contributed by atoms with E-state index in [4.69, 9.17) is 0 Å². The summed E-state index contributed by atoms with van der Waals surface area (Å²) in [7, 11) is 0. The third-order valence-electron chi connectivity index (χ3n) is 6.32. The Morgan fingerprint density at radius 1 is 1.16 bits per heavy atom. The highest BCUT2D eigenvalue weighted by Crippen LogP contribution is 2.45. The molecule has 0 bridgehead atoms. The molecule has 0 aliphatic carbocycles. The van der Waals surface area contributed by atoms with Gasteiger partial charge in [0.1, 0.15) is 11.6 Å². The van der Waals surface area contributed by atoms with Crippen LogP contribution in [0.2, 0.25) is 0 Å². The lowest BCUT2D eigenvalue weighted by Gasteiger charge is -2.50. The van der Waals surface area contributed by atoms with E-state index in [0.717, 1.165) is 28.7 Å². The van der Waals surface area contributed by atoms with Crippen molar-refractivity contribution < 1.29 is 4.79 Å². The van der Waals surface area contributed by atoms with Crippen LogP contribution in [0.15, 0.2) is 35.9 Å². The van der Waals surface area contributed by atoms with E-state index in [1.807, 2.05) is 32.9 Å². The monoisotopic (exact) mass is 429 g/mol. The molecule has 1 heterocycles. The van der Waals surface area contributed by atoms with Gasteiger partial charge in [-0.2, -0.15) is 5.26 Å². The largest absolute Gasteiger partial charge is 0.364 e. The molecule has 0 saturated heterocycles. The maximum atomic E-state index is 12.9. The van der Waals surface area contributed by atoms with E-state index in [1.54, 1.807) is 6.08 Å². The number of benzene rings is 2. The number of hydrogen-bond donors (Lipinski definition) is 1. The molecule has 0 aromatic heterocycles. The lowest BCUT2D eigenvalue weighted by Crippen LogP contribution is -2.51. The van der Waals surface area contributed by atoms with Crippen molar-refractivity contribution in [3.8, 4) is 6.07 Å². The van der Waals surface area contributed by atoms with Crippen molar-refractivity contribution in [2.75, 3.05) is 10.2 Å². The SMILES string of the molecule is Cc1cc(C)cc(NC(=O)/C(C#N)=C\c2cc3c(cc2C)N(C(C)C)C(C)(C)CC3C)c1. The zero-order valence-corrected chi connectivity index (χ0v) is 20.6. The van der Waals surface area contributed by atoms with Gasteiger partial charge in [-0.3, -0.25) is 4.79 Å². The number of aryl methyl sites for hydroxylation is 3. The average Bonchev–Trinajstić information content (AvgIpc) is 2.64. The summed E-state index contributed by atoms with van der Waals surface area (Å²) in [5.74, 6) is 0.0185. The van der Waals surface area contributed by atoms with Crippen molar-refractivity contribution in [3.63, 3.8) is 0 Å². The average molecular weight is 430 g/mol. The van der Waals surface area contributed by atoms with Gasteiger partial charge in [0.05, 0.1) is 0 Å². The summed E-state index contributed by atoms with van der Waals surface area (Å²) in [6.45, 7) is 17.4. The van der Waals surface area contributed by atoms with E-state index in [-0.39, 0.29) is 17.0 Å². The van der Waals surface area contributed by atoms with Crippen LogP contribution in [0.1, 0.15) is 74.8 Å². The molecule has 168 valence electrons. The summed E-state index contributed by atoms with van der Waals surface area (Å²) in [5.41, 5.74) is 7.56. The van der Waals surface area contributed by atoms with Gasteiger partial charge in [0.2, 0.25) is 0 Å². The van der Waals surface area contributed by atoms with E-state index < -0.39 is 0 Å². The fourth-order valence-electron chi connectivity index (χ4n) is 5.30. The van der Waals surface area contributed by atoms with E-state index in [0.29, 0.717) is 17.6 Å².